The molecular formula is C27H38N6O4. The van der Waals surface area contributed by atoms with Gasteiger partial charge in [-0.1, -0.05) is 6.07 Å². The van der Waals surface area contributed by atoms with Gasteiger partial charge in [0, 0.05) is 37.6 Å². The number of nitrogens with zero attached hydrogens (tertiary/aromatic N) is 3. The van der Waals surface area contributed by atoms with E-state index in [4.69, 9.17) is 14.2 Å². The topological polar surface area (TPSA) is 111 Å². The van der Waals surface area contributed by atoms with Gasteiger partial charge >= 0.3 is 6.09 Å². The van der Waals surface area contributed by atoms with Crippen LogP contribution in [-0.2, 0) is 16.5 Å². The number of hydrogen-bond donors (Lipinski definition) is 3. The van der Waals surface area contributed by atoms with Crippen molar-refractivity contribution < 1.29 is 19.0 Å². The first-order chi connectivity index (χ1) is 18.0. The number of aryl methyl sites for hydroxylation is 1. The maximum atomic E-state index is 12.2. The van der Waals surface area contributed by atoms with Crippen LogP contribution in [0.15, 0.2) is 23.3 Å². The number of alkyl carbamates (subject to hydrolysis) is 1. The zero-order chi connectivity index (χ0) is 25.4. The lowest BCUT2D eigenvalue weighted by Gasteiger charge is -2.28. The molecule has 3 N–H and O–H groups in total. The van der Waals surface area contributed by atoms with Gasteiger partial charge < -0.3 is 30.3 Å². The summed E-state index contributed by atoms with van der Waals surface area (Å²) in [4.78, 5) is 12.2. The summed E-state index contributed by atoms with van der Waals surface area (Å²) in [6.45, 7) is 4.26. The van der Waals surface area contributed by atoms with Gasteiger partial charge in [-0.15, -0.1) is 5.10 Å². The maximum absolute atomic E-state index is 12.2. The van der Waals surface area contributed by atoms with Crippen LogP contribution in [0.5, 0.6) is 5.88 Å². The number of amidine groups is 1. The molecule has 1 amide bonds. The van der Waals surface area contributed by atoms with Crippen molar-refractivity contribution in [2.45, 2.75) is 76.0 Å². The fourth-order valence-corrected chi connectivity index (χ4v) is 5.77. The Bertz CT molecular complexity index is 1170. The highest BCUT2D eigenvalue weighted by molar-refractivity contribution is 6.04. The third-order valence-corrected chi connectivity index (χ3v) is 8.32. The summed E-state index contributed by atoms with van der Waals surface area (Å²) in [5.41, 5.74) is 5.31. The van der Waals surface area contributed by atoms with E-state index in [0.717, 1.165) is 87.0 Å². The highest BCUT2D eigenvalue weighted by atomic mass is 16.6. The summed E-state index contributed by atoms with van der Waals surface area (Å²) in [7, 11) is 1.94. The molecule has 4 atom stereocenters. The third-order valence-electron chi connectivity index (χ3n) is 8.32. The van der Waals surface area contributed by atoms with E-state index in [1.54, 1.807) is 0 Å². The minimum absolute atomic E-state index is 0.00213. The summed E-state index contributed by atoms with van der Waals surface area (Å²) >= 11 is 0. The van der Waals surface area contributed by atoms with Gasteiger partial charge in [0.25, 0.3) is 0 Å². The number of benzene rings is 1. The molecule has 1 aromatic carbocycles. The van der Waals surface area contributed by atoms with Crippen LogP contribution in [0.25, 0.3) is 10.9 Å². The van der Waals surface area contributed by atoms with E-state index in [0.29, 0.717) is 30.4 Å². The van der Waals surface area contributed by atoms with Crippen molar-refractivity contribution in [1.82, 2.24) is 20.5 Å². The van der Waals surface area contributed by atoms with E-state index in [1.165, 1.54) is 0 Å². The molecule has 2 aliphatic carbocycles. The lowest BCUT2D eigenvalue weighted by atomic mass is 9.93. The molecule has 0 spiro atoms. The number of ether oxygens (including phenoxy) is 3. The monoisotopic (exact) mass is 510 g/mol. The number of anilines is 1. The van der Waals surface area contributed by atoms with Crippen molar-refractivity contribution in [2.24, 2.45) is 24.0 Å². The molecule has 10 nitrogen and oxygen atoms in total. The molecule has 3 fully saturated rings. The quantitative estimate of drug-likeness (QED) is 0.518. The average Bonchev–Trinajstić information content (AvgIpc) is 3.29. The molecule has 200 valence electrons. The Kier molecular flexibility index (Phi) is 6.60. The second-order valence-electron chi connectivity index (χ2n) is 11.4. The number of para-hydroxylation sites is 1. The Morgan fingerprint density at radius 2 is 2.16 bits per heavy atom. The van der Waals surface area contributed by atoms with Crippen molar-refractivity contribution in [3.63, 3.8) is 0 Å². The number of aromatic nitrogens is 2. The molecule has 1 saturated heterocycles. The van der Waals surface area contributed by atoms with Crippen LogP contribution in [0.4, 0.5) is 10.5 Å². The van der Waals surface area contributed by atoms with Crippen LogP contribution in [0.1, 0.15) is 58.3 Å². The molecule has 0 radical (unpaired) electrons. The molecule has 1 aromatic heterocycles. The van der Waals surface area contributed by atoms with E-state index >= 15 is 0 Å². The standard InChI is InChI=1S/C27H38N6O4/c1-27(11-12-27)29-26(34)37-19-7-6-18(14-19)21-8-9-23(31-30-21)28-22-5-3-4-20-24(22)33(2)32-25(20)36-16-17-10-13-35-15-17/h3-5,17-19,21,30H,6-16H2,1-2H3,(H,28,31)(H,29,34). The summed E-state index contributed by atoms with van der Waals surface area (Å²) in [6.07, 6.45) is 7.56. The van der Waals surface area contributed by atoms with E-state index in [-0.39, 0.29) is 17.7 Å². The fourth-order valence-electron chi connectivity index (χ4n) is 5.77. The number of hydrazone groups is 1. The van der Waals surface area contributed by atoms with Gasteiger partial charge in [0.1, 0.15) is 11.9 Å². The molecule has 4 aliphatic rings. The summed E-state index contributed by atoms with van der Waals surface area (Å²) in [6, 6.07) is 6.43. The van der Waals surface area contributed by atoms with Crippen molar-refractivity contribution in [2.75, 3.05) is 25.1 Å². The molecule has 2 saturated carbocycles. The molecule has 2 aliphatic heterocycles. The zero-order valence-electron chi connectivity index (χ0n) is 21.8. The van der Waals surface area contributed by atoms with E-state index in [1.807, 2.05) is 17.8 Å². The number of carbonyl (C=O) groups is 1. The average molecular weight is 511 g/mol. The highest BCUT2D eigenvalue weighted by Gasteiger charge is 2.40. The van der Waals surface area contributed by atoms with Gasteiger partial charge in [0.2, 0.25) is 5.88 Å². The Morgan fingerprint density at radius 1 is 1.27 bits per heavy atom. The predicted octanol–water partition coefficient (Wildman–Crippen LogP) is 3.91. The van der Waals surface area contributed by atoms with Crippen LogP contribution >= 0.6 is 0 Å². The number of hydrogen-bond acceptors (Lipinski definition) is 8. The van der Waals surface area contributed by atoms with E-state index < -0.39 is 0 Å². The van der Waals surface area contributed by atoms with Crippen molar-refractivity contribution >= 4 is 28.5 Å². The fraction of sp³-hybridized carbons (Fsp3) is 0.667. The molecule has 6 rings (SSSR count). The van der Waals surface area contributed by atoms with Gasteiger partial charge in [0.15, 0.2) is 0 Å². The maximum Gasteiger partial charge on any atom is 0.407 e. The molecule has 0 bridgehead atoms. The Hall–Kier alpha value is -3.01. The van der Waals surface area contributed by atoms with Crippen molar-refractivity contribution in [3.8, 4) is 5.88 Å². The number of carbonyl (C=O) groups excluding carboxylic acids is 1. The minimum atomic E-state index is -0.266. The van der Waals surface area contributed by atoms with Crippen molar-refractivity contribution in [3.05, 3.63) is 18.2 Å². The van der Waals surface area contributed by atoms with E-state index in [9.17, 15) is 4.79 Å². The molecule has 3 heterocycles. The lowest BCUT2D eigenvalue weighted by Crippen LogP contribution is -2.39. The number of fused-ring (bicyclic) bond motifs is 1. The lowest BCUT2D eigenvalue weighted by molar-refractivity contribution is 0.0938. The zero-order valence-corrected chi connectivity index (χ0v) is 21.8. The molecule has 2 aromatic rings. The van der Waals surface area contributed by atoms with Crippen LogP contribution in [-0.4, -0.2) is 59.2 Å². The number of rotatable bonds is 7. The van der Waals surface area contributed by atoms with Crippen LogP contribution in [0, 0.1) is 11.8 Å². The molecular weight excluding hydrogens is 472 g/mol. The highest BCUT2D eigenvalue weighted by Crippen LogP contribution is 2.36. The summed E-state index contributed by atoms with van der Waals surface area (Å²) < 4.78 is 19.1. The van der Waals surface area contributed by atoms with Gasteiger partial charge in [-0.2, -0.15) is 5.10 Å². The normalized spacial score (nSPS) is 28.4. The van der Waals surface area contributed by atoms with Crippen LogP contribution in [0.2, 0.25) is 0 Å². The van der Waals surface area contributed by atoms with Gasteiger partial charge in [0.05, 0.1) is 29.8 Å². The Morgan fingerprint density at radius 3 is 2.92 bits per heavy atom. The third kappa shape index (κ3) is 5.49. The molecule has 10 heteroatoms. The van der Waals surface area contributed by atoms with Crippen molar-refractivity contribution in [1.29, 1.82) is 0 Å². The van der Waals surface area contributed by atoms with Gasteiger partial charge in [-0.3, -0.25) is 4.68 Å². The second-order valence-corrected chi connectivity index (χ2v) is 11.4. The predicted molar refractivity (Wildman–Crippen MR) is 141 cm³/mol. The first-order valence-electron chi connectivity index (χ1n) is 13.7. The summed E-state index contributed by atoms with van der Waals surface area (Å²) in [5.74, 6) is 2.47. The first-order valence-corrected chi connectivity index (χ1v) is 13.7. The number of amides is 1. The van der Waals surface area contributed by atoms with Gasteiger partial charge in [-0.05, 0) is 69.9 Å². The minimum Gasteiger partial charge on any atom is -0.476 e. The van der Waals surface area contributed by atoms with E-state index in [2.05, 4.69) is 45.3 Å². The SMILES string of the molecule is Cn1nc(OCC2CCOC2)c2cccc(NC3=NNC(C4CCC(OC(=O)NC5(C)CC5)C4)CC3)c21. The first kappa shape index (κ1) is 24.3. The Balaban J connectivity index is 1.04. The largest absolute Gasteiger partial charge is 0.476 e. The second kappa shape index (κ2) is 10.0. The van der Waals surface area contributed by atoms with Crippen LogP contribution in [0.3, 0.4) is 0 Å². The van der Waals surface area contributed by atoms with Crippen LogP contribution < -0.4 is 20.8 Å². The number of nitrogens with one attached hydrogen (secondary N) is 3. The molecule has 37 heavy (non-hydrogen) atoms. The molecule has 4 unspecified atom stereocenters. The van der Waals surface area contributed by atoms with Gasteiger partial charge in [-0.25, -0.2) is 4.79 Å². The smallest absolute Gasteiger partial charge is 0.407 e. The Labute approximate surface area is 217 Å². The summed E-state index contributed by atoms with van der Waals surface area (Å²) in [5, 5.41) is 16.8.